The van der Waals surface area contributed by atoms with E-state index < -0.39 is 0 Å². The molecule has 8 heteroatoms. The van der Waals surface area contributed by atoms with Crippen molar-refractivity contribution in [1.82, 2.24) is 20.2 Å². The summed E-state index contributed by atoms with van der Waals surface area (Å²) in [6.07, 6.45) is 1.65. The first-order chi connectivity index (χ1) is 11.7. The van der Waals surface area contributed by atoms with Gasteiger partial charge < -0.3 is 24.4 Å². The molecule has 0 amide bonds. The zero-order chi connectivity index (χ0) is 16.9. The normalized spacial score (nSPS) is 11.2. The van der Waals surface area contributed by atoms with Crippen LogP contribution in [0, 0.1) is 0 Å². The van der Waals surface area contributed by atoms with Gasteiger partial charge in [0.25, 0.3) is 0 Å². The summed E-state index contributed by atoms with van der Waals surface area (Å²) < 4.78 is 12.6. The number of benzene rings is 1. The molecule has 1 aromatic carbocycles. The van der Waals surface area contributed by atoms with Gasteiger partial charge >= 0.3 is 0 Å². The van der Waals surface area contributed by atoms with E-state index in [1.165, 1.54) is 0 Å². The molecule has 0 atom stereocenters. The van der Waals surface area contributed by atoms with Crippen LogP contribution in [-0.4, -0.2) is 29.7 Å². The van der Waals surface area contributed by atoms with Gasteiger partial charge in [0.1, 0.15) is 17.3 Å². The first-order valence-corrected chi connectivity index (χ1v) is 7.67. The molecule has 7 nitrogen and oxygen atoms in total. The summed E-state index contributed by atoms with van der Waals surface area (Å²) in [6.45, 7) is 1.14. The maximum atomic E-state index is 5.30. The number of furan rings is 1. The average Bonchev–Trinajstić information content (AvgIpc) is 3.23. The van der Waals surface area contributed by atoms with Crippen molar-refractivity contribution in [3.8, 4) is 5.75 Å². The molecule has 3 rings (SSSR count). The summed E-state index contributed by atoms with van der Waals surface area (Å²) >= 11 is 0. The van der Waals surface area contributed by atoms with Crippen LogP contribution in [0.2, 0.25) is 0 Å². The Balaban J connectivity index is 0.00000225. The van der Waals surface area contributed by atoms with E-state index in [4.69, 9.17) is 9.15 Å². The number of rotatable bonds is 5. The van der Waals surface area contributed by atoms with E-state index in [9.17, 15) is 0 Å². The van der Waals surface area contributed by atoms with Gasteiger partial charge in [-0.2, -0.15) is 0 Å². The second kappa shape index (κ2) is 8.75. The third-order valence-corrected chi connectivity index (χ3v) is 3.83. The molecule has 0 saturated carbocycles. The number of methoxy groups -OCH3 is 1. The molecule has 0 spiro atoms. The van der Waals surface area contributed by atoms with Crippen LogP contribution in [-0.2, 0) is 20.1 Å². The van der Waals surface area contributed by atoms with Crippen molar-refractivity contribution in [2.75, 3.05) is 14.2 Å². The van der Waals surface area contributed by atoms with Crippen LogP contribution in [0.3, 0.4) is 0 Å². The lowest BCUT2D eigenvalue weighted by atomic mass is 10.3. The molecule has 0 aliphatic rings. The summed E-state index contributed by atoms with van der Waals surface area (Å²) in [5.74, 6) is 3.26. The molecular formula is C17H22IN5O2. The fourth-order valence-electron chi connectivity index (χ4n) is 2.48. The fraction of sp³-hybridized carbons (Fsp3) is 0.294. The van der Waals surface area contributed by atoms with Gasteiger partial charge in [-0.3, -0.25) is 4.99 Å². The molecule has 134 valence electrons. The van der Waals surface area contributed by atoms with Crippen LogP contribution >= 0.6 is 24.0 Å². The van der Waals surface area contributed by atoms with E-state index in [0.29, 0.717) is 19.0 Å². The van der Waals surface area contributed by atoms with E-state index >= 15 is 0 Å². The molecule has 2 aromatic heterocycles. The maximum Gasteiger partial charge on any atom is 0.191 e. The fourth-order valence-corrected chi connectivity index (χ4v) is 2.48. The Morgan fingerprint density at radius 2 is 2.08 bits per heavy atom. The summed E-state index contributed by atoms with van der Waals surface area (Å²) in [6, 6.07) is 9.66. The molecule has 25 heavy (non-hydrogen) atoms. The van der Waals surface area contributed by atoms with E-state index in [1.807, 2.05) is 37.4 Å². The van der Waals surface area contributed by atoms with Crippen molar-refractivity contribution >= 4 is 41.0 Å². The van der Waals surface area contributed by atoms with Crippen LogP contribution < -0.4 is 15.4 Å². The highest BCUT2D eigenvalue weighted by Gasteiger charge is 2.09. The third-order valence-electron chi connectivity index (χ3n) is 3.83. The van der Waals surface area contributed by atoms with Gasteiger partial charge in [0.15, 0.2) is 5.96 Å². The number of fused-ring (bicyclic) bond motifs is 1. The van der Waals surface area contributed by atoms with Gasteiger partial charge in [-0.1, -0.05) is 0 Å². The number of imidazole rings is 1. The number of aliphatic imine (C=N–C) groups is 1. The number of ether oxygens (including phenoxy) is 1. The van der Waals surface area contributed by atoms with Crippen molar-refractivity contribution in [3.05, 3.63) is 48.2 Å². The zero-order valence-electron chi connectivity index (χ0n) is 14.4. The van der Waals surface area contributed by atoms with Crippen molar-refractivity contribution < 1.29 is 9.15 Å². The smallest absolute Gasteiger partial charge is 0.191 e. The predicted molar refractivity (Wildman–Crippen MR) is 108 cm³/mol. The number of hydrogen-bond acceptors (Lipinski definition) is 4. The van der Waals surface area contributed by atoms with E-state index in [-0.39, 0.29) is 24.0 Å². The molecule has 0 radical (unpaired) electrons. The SMILES string of the molecule is CN=C(NCc1ccco1)NCc1nc2cc(OC)ccc2n1C.I. The van der Waals surface area contributed by atoms with Crippen LogP contribution in [0.25, 0.3) is 11.0 Å². The van der Waals surface area contributed by atoms with Gasteiger partial charge in [0.2, 0.25) is 0 Å². The molecular weight excluding hydrogens is 433 g/mol. The minimum atomic E-state index is 0. The minimum Gasteiger partial charge on any atom is -0.497 e. The highest BCUT2D eigenvalue weighted by molar-refractivity contribution is 14.0. The van der Waals surface area contributed by atoms with Gasteiger partial charge in [0.05, 0.1) is 37.5 Å². The molecule has 2 heterocycles. The molecule has 0 aliphatic carbocycles. The van der Waals surface area contributed by atoms with Crippen molar-refractivity contribution in [2.45, 2.75) is 13.1 Å². The number of guanidine groups is 1. The standard InChI is InChI=1S/C17H21N5O2.HI/c1-18-17(19-10-13-5-4-8-24-13)20-11-16-21-14-9-12(23-3)6-7-15(14)22(16)2;/h4-9H,10-11H2,1-3H3,(H2,18,19,20);1H. The van der Waals surface area contributed by atoms with Crippen LogP contribution in [0.15, 0.2) is 46.0 Å². The van der Waals surface area contributed by atoms with Gasteiger partial charge in [-0.25, -0.2) is 4.98 Å². The van der Waals surface area contributed by atoms with E-state index in [2.05, 4.69) is 25.2 Å². The molecule has 0 bridgehead atoms. The average molecular weight is 455 g/mol. The van der Waals surface area contributed by atoms with Crippen molar-refractivity contribution in [2.24, 2.45) is 12.0 Å². The number of halogens is 1. The number of hydrogen-bond donors (Lipinski definition) is 2. The largest absolute Gasteiger partial charge is 0.497 e. The molecule has 0 saturated heterocycles. The second-order valence-electron chi connectivity index (χ2n) is 5.30. The first kappa shape index (κ1) is 19.1. The number of nitrogens with one attached hydrogen (secondary N) is 2. The quantitative estimate of drug-likeness (QED) is 0.352. The number of aryl methyl sites for hydroxylation is 1. The zero-order valence-corrected chi connectivity index (χ0v) is 16.8. The lowest BCUT2D eigenvalue weighted by Gasteiger charge is -2.10. The predicted octanol–water partition coefficient (Wildman–Crippen LogP) is 2.66. The Morgan fingerprint density at radius 1 is 1.28 bits per heavy atom. The first-order valence-electron chi connectivity index (χ1n) is 7.67. The summed E-state index contributed by atoms with van der Waals surface area (Å²) in [5.41, 5.74) is 1.97. The molecule has 0 fully saturated rings. The Kier molecular flexibility index (Phi) is 6.68. The highest BCUT2D eigenvalue weighted by Crippen LogP contribution is 2.20. The lowest BCUT2D eigenvalue weighted by Crippen LogP contribution is -2.36. The Labute approximate surface area is 163 Å². The lowest BCUT2D eigenvalue weighted by molar-refractivity contribution is 0.415. The maximum absolute atomic E-state index is 5.30. The monoisotopic (exact) mass is 455 g/mol. The van der Waals surface area contributed by atoms with Crippen molar-refractivity contribution in [3.63, 3.8) is 0 Å². The Bertz CT molecular complexity index is 842. The molecule has 0 aliphatic heterocycles. The van der Waals surface area contributed by atoms with Crippen molar-refractivity contribution in [1.29, 1.82) is 0 Å². The third kappa shape index (κ3) is 4.44. The minimum absolute atomic E-state index is 0. The summed E-state index contributed by atoms with van der Waals surface area (Å²) in [4.78, 5) is 8.87. The van der Waals surface area contributed by atoms with Crippen LogP contribution in [0.1, 0.15) is 11.6 Å². The number of nitrogens with zero attached hydrogens (tertiary/aromatic N) is 3. The second-order valence-corrected chi connectivity index (χ2v) is 5.30. The summed E-state index contributed by atoms with van der Waals surface area (Å²) in [7, 11) is 5.39. The Morgan fingerprint density at radius 3 is 2.76 bits per heavy atom. The molecule has 0 unspecified atom stereocenters. The van der Waals surface area contributed by atoms with Crippen LogP contribution in [0.4, 0.5) is 0 Å². The van der Waals surface area contributed by atoms with Gasteiger partial charge in [-0.15, -0.1) is 24.0 Å². The van der Waals surface area contributed by atoms with Gasteiger partial charge in [0, 0.05) is 20.2 Å². The van der Waals surface area contributed by atoms with E-state index in [0.717, 1.165) is 28.4 Å². The molecule has 3 aromatic rings. The van der Waals surface area contributed by atoms with Gasteiger partial charge in [-0.05, 0) is 24.3 Å². The topological polar surface area (TPSA) is 76.6 Å². The summed E-state index contributed by atoms with van der Waals surface area (Å²) in [5, 5.41) is 6.46. The highest BCUT2D eigenvalue weighted by atomic mass is 127. The Hall–Kier alpha value is -2.23. The number of aromatic nitrogens is 2. The molecule has 2 N–H and O–H groups in total. The van der Waals surface area contributed by atoms with E-state index in [1.54, 1.807) is 20.4 Å². The van der Waals surface area contributed by atoms with Crippen LogP contribution in [0.5, 0.6) is 5.75 Å².